The van der Waals surface area contributed by atoms with Crippen LogP contribution in [-0.4, -0.2) is 36.7 Å². The summed E-state index contributed by atoms with van der Waals surface area (Å²) in [7, 11) is 3.04. The molecule has 0 unspecified atom stereocenters. The Morgan fingerprint density at radius 2 is 1.79 bits per heavy atom. The van der Waals surface area contributed by atoms with Crippen LogP contribution < -0.4 is 10.1 Å². The number of anilines is 1. The van der Waals surface area contributed by atoms with Gasteiger partial charge in [0.1, 0.15) is 11.4 Å². The Kier molecular flexibility index (Phi) is 7.19. The van der Waals surface area contributed by atoms with Gasteiger partial charge in [0.25, 0.3) is 0 Å². The molecule has 3 aromatic carbocycles. The molecule has 1 heterocycles. The highest BCUT2D eigenvalue weighted by Crippen LogP contribution is 2.28. The second kappa shape index (κ2) is 10.4. The van der Waals surface area contributed by atoms with E-state index in [1.54, 1.807) is 25.3 Å². The first-order valence-corrected chi connectivity index (χ1v) is 11.4. The summed E-state index contributed by atoms with van der Waals surface area (Å²) in [4.78, 5) is 21.6. The number of methoxy groups -OCH3 is 2. The highest BCUT2D eigenvalue weighted by atomic mass is 79.9. The van der Waals surface area contributed by atoms with Crippen molar-refractivity contribution in [2.45, 2.75) is 12.8 Å². The largest absolute Gasteiger partial charge is 0.497 e. The van der Waals surface area contributed by atoms with Crippen molar-refractivity contribution >= 4 is 38.8 Å². The van der Waals surface area contributed by atoms with Crippen molar-refractivity contribution in [1.82, 2.24) is 9.97 Å². The topological polar surface area (TPSA) is 73.3 Å². The lowest BCUT2D eigenvalue weighted by molar-refractivity contribution is 0.0601. The number of hydrogen-bond donors (Lipinski definition) is 1. The minimum absolute atomic E-state index is 0.399. The van der Waals surface area contributed by atoms with Gasteiger partial charge in [-0.25, -0.2) is 14.8 Å². The van der Waals surface area contributed by atoms with E-state index in [0.717, 1.165) is 34.3 Å². The number of ether oxygens (including phenoxy) is 2. The number of aryl methyl sites for hydroxylation is 1. The predicted octanol–water partition coefficient (Wildman–Crippen LogP) is 5.90. The van der Waals surface area contributed by atoms with Gasteiger partial charge in [0, 0.05) is 16.6 Å². The summed E-state index contributed by atoms with van der Waals surface area (Å²) in [5.74, 6) is 1.12. The summed E-state index contributed by atoms with van der Waals surface area (Å²) in [6.45, 7) is 0.709. The number of rotatable bonds is 8. The van der Waals surface area contributed by atoms with E-state index in [4.69, 9.17) is 19.4 Å². The van der Waals surface area contributed by atoms with Crippen molar-refractivity contribution in [1.29, 1.82) is 0 Å². The molecule has 0 aliphatic carbocycles. The number of carbonyl (C=O) groups is 1. The van der Waals surface area contributed by atoms with Gasteiger partial charge in [-0.05, 0) is 54.8 Å². The molecule has 0 spiro atoms. The molecule has 168 valence electrons. The van der Waals surface area contributed by atoms with Gasteiger partial charge < -0.3 is 14.8 Å². The molecule has 6 nitrogen and oxygen atoms in total. The zero-order valence-corrected chi connectivity index (χ0v) is 20.1. The SMILES string of the molecule is COC(=O)c1ccc2nc(-c3ccccc3)c(NCCCc3cc(OC)ccc3Br)nc2c1. The van der Waals surface area contributed by atoms with Crippen LogP contribution in [-0.2, 0) is 11.2 Å². The van der Waals surface area contributed by atoms with Crippen molar-refractivity contribution in [3.63, 3.8) is 0 Å². The molecule has 1 aromatic heterocycles. The maximum Gasteiger partial charge on any atom is 0.337 e. The van der Waals surface area contributed by atoms with E-state index in [-0.39, 0.29) is 0 Å². The lowest BCUT2D eigenvalue weighted by Crippen LogP contribution is -2.08. The molecule has 1 N–H and O–H groups in total. The molecule has 0 atom stereocenters. The second-order valence-electron chi connectivity index (χ2n) is 7.47. The van der Waals surface area contributed by atoms with Crippen LogP contribution in [0, 0.1) is 0 Å². The number of halogens is 1. The van der Waals surface area contributed by atoms with E-state index in [1.807, 2.05) is 48.5 Å². The first-order chi connectivity index (χ1) is 16.1. The lowest BCUT2D eigenvalue weighted by atomic mass is 10.1. The second-order valence-corrected chi connectivity index (χ2v) is 8.32. The average molecular weight is 506 g/mol. The molecule has 0 aliphatic rings. The first-order valence-electron chi connectivity index (χ1n) is 10.6. The fourth-order valence-corrected chi connectivity index (χ4v) is 4.02. The summed E-state index contributed by atoms with van der Waals surface area (Å²) in [6.07, 6.45) is 1.76. The fraction of sp³-hybridized carbons (Fsp3) is 0.192. The van der Waals surface area contributed by atoms with E-state index in [9.17, 15) is 4.79 Å². The Labute approximate surface area is 201 Å². The van der Waals surface area contributed by atoms with E-state index in [2.05, 4.69) is 21.2 Å². The maximum atomic E-state index is 12.0. The lowest BCUT2D eigenvalue weighted by Gasteiger charge is -2.13. The highest BCUT2D eigenvalue weighted by molar-refractivity contribution is 9.10. The molecule has 0 amide bonds. The Hall–Kier alpha value is -3.45. The van der Waals surface area contributed by atoms with Gasteiger partial charge in [-0.2, -0.15) is 0 Å². The van der Waals surface area contributed by atoms with Crippen LogP contribution in [0.5, 0.6) is 5.75 Å². The van der Waals surface area contributed by atoms with Crippen LogP contribution in [0.4, 0.5) is 5.82 Å². The summed E-state index contributed by atoms with van der Waals surface area (Å²) in [5.41, 5.74) is 4.73. The molecular weight excluding hydrogens is 482 g/mol. The van der Waals surface area contributed by atoms with Crippen molar-refractivity contribution < 1.29 is 14.3 Å². The zero-order valence-electron chi connectivity index (χ0n) is 18.5. The highest BCUT2D eigenvalue weighted by Gasteiger charge is 2.13. The fourth-order valence-electron chi connectivity index (χ4n) is 3.57. The minimum atomic E-state index is -0.399. The van der Waals surface area contributed by atoms with Crippen LogP contribution in [0.2, 0.25) is 0 Å². The molecule has 0 fully saturated rings. The summed E-state index contributed by atoms with van der Waals surface area (Å²) >= 11 is 3.61. The number of nitrogens with zero attached hydrogens (tertiary/aromatic N) is 2. The van der Waals surface area contributed by atoms with Crippen LogP contribution in [0.3, 0.4) is 0 Å². The van der Waals surface area contributed by atoms with Gasteiger partial charge in [0.2, 0.25) is 0 Å². The standard InChI is InChI=1S/C26H24BrN3O3/c1-32-20-11-12-21(27)18(15-20)9-6-14-28-25-24(17-7-4-3-5-8-17)29-22-13-10-19(26(31)33-2)16-23(22)30-25/h3-5,7-8,10-13,15-16H,6,9,14H2,1-2H3,(H,28,30). The van der Waals surface area contributed by atoms with Crippen molar-refractivity contribution in [3.05, 3.63) is 82.3 Å². The van der Waals surface area contributed by atoms with E-state index in [0.29, 0.717) is 29.0 Å². The minimum Gasteiger partial charge on any atom is -0.497 e. The first kappa shape index (κ1) is 22.7. The Bertz CT molecular complexity index is 1280. The Morgan fingerprint density at radius 1 is 0.970 bits per heavy atom. The quantitative estimate of drug-likeness (QED) is 0.237. The van der Waals surface area contributed by atoms with E-state index in [1.165, 1.54) is 12.7 Å². The van der Waals surface area contributed by atoms with Gasteiger partial charge in [0.05, 0.1) is 30.8 Å². The van der Waals surface area contributed by atoms with E-state index < -0.39 is 5.97 Å². The summed E-state index contributed by atoms with van der Waals surface area (Å²) < 4.78 is 11.2. The Morgan fingerprint density at radius 3 is 2.55 bits per heavy atom. The van der Waals surface area contributed by atoms with Crippen molar-refractivity contribution in [3.8, 4) is 17.0 Å². The van der Waals surface area contributed by atoms with Crippen molar-refractivity contribution in [2.24, 2.45) is 0 Å². The molecule has 0 saturated heterocycles. The van der Waals surface area contributed by atoms with Crippen LogP contribution in [0.25, 0.3) is 22.3 Å². The molecular formula is C26H24BrN3O3. The van der Waals surface area contributed by atoms with Crippen molar-refractivity contribution in [2.75, 3.05) is 26.1 Å². The molecule has 0 bridgehead atoms. The third-order valence-corrected chi connectivity index (χ3v) is 6.07. The summed E-state index contributed by atoms with van der Waals surface area (Å²) in [6, 6.07) is 21.1. The third kappa shape index (κ3) is 5.31. The third-order valence-electron chi connectivity index (χ3n) is 5.30. The zero-order chi connectivity index (χ0) is 23.2. The monoisotopic (exact) mass is 505 g/mol. The molecule has 33 heavy (non-hydrogen) atoms. The smallest absolute Gasteiger partial charge is 0.337 e. The number of aromatic nitrogens is 2. The number of fused-ring (bicyclic) bond motifs is 1. The molecule has 7 heteroatoms. The molecule has 0 saturated carbocycles. The predicted molar refractivity (Wildman–Crippen MR) is 134 cm³/mol. The average Bonchev–Trinajstić information content (AvgIpc) is 2.86. The van der Waals surface area contributed by atoms with Gasteiger partial charge in [-0.15, -0.1) is 0 Å². The number of benzene rings is 3. The van der Waals surface area contributed by atoms with Crippen LogP contribution in [0.15, 0.2) is 71.2 Å². The maximum absolute atomic E-state index is 12.0. The normalized spacial score (nSPS) is 10.8. The number of nitrogens with one attached hydrogen (secondary N) is 1. The summed E-state index contributed by atoms with van der Waals surface area (Å²) in [5, 5.41) is 3.45. The number of esters is 1. The number of hydrogen-bond acceptors (Lipinski definition) is 6. The van der Waals surface area contributed by atoms with Gasteiger partial charge in [-0.1, -0.05) is 46.3 Å². The number of carbonyl (C=O) groups excluding carboxylic acids is 1. The molecule has 4 rings (SSSR count). The van der Waals surface area contributed by atoms with Crippen LogP contribution >= 0.6 is 15.9 Å². The van der Waals surface area contributed by atoms with Gasteiger partial charge in [0.15, 0.2) is 5.82 Å². The molecule has 0 radical (unpaired) electrons. The molecule has 0 aliphatic heterocycles. The Balaban J connectivity index is 1.59. The molecule has 4 aromatic rings. The van der Waals surface area contributed by atoms with Gasteiger partial charge >= 0.3 is 5.97 Å². The van der Waals surface area contributed by atoms with E-state index >= 15 is 0 Å². The van der Waals surface area contributed by atoms with Crippen LogP contribution in [0.1, 0.15) is 22.3 Å². The van der Waals surface area contributed by atoms with Gasteiger partial charge in [-0.3, -0.25) is 0 Å².